The Kier molecular flexibility index (Phi) is 9.06. The Balaban J connectivity index is 1.42. The molecule has 0 bridgehead atoms. The first-order valence-electron chi connectivity index (χ1n) is 13.9. The number of morpholine rings is 1. The third kappa shape index (κ3) is 6.99. The summed E-state index contributed by atoms with van der Waals surface area (Å²) in [5, 5.41) is 6.28. The van der Waals surface area contributed by atoms with Gasteiger partial charge >= 0.3 is 0 Å². The van der Waals surface area contributed by atoms with Gasteiger partial charge in [0, 0.05) is 43.7 Å². The van der Waals surface area contributed by atoms with Crippen molar-refractivity contribution in [1.29, 1.82) is 0 Å². The summed E-state index contributed by atoms with van der Waals surface area (Å²) >= 11 is 0. The molecule has 1 unspecified atom stereocenters. The monoisotopic (exact) mass is 558 g/mol. The molecular weight excluding hydrogens is 523 g/mol. The molecule has 2 aliphatic rings. The van der Waals surface area contributed by atoms with E-state index in [2.05, 4.69) is 4.90 Å². The number of hydrogen-bond acceptors (Lipinski definition) is 6. The molecule has 214 valence electrons. The number of carbonyl (C=O) groups excluding carboxylic acids is 2. The maximum atomic E-state index is 14.0. The number of rotatable bonds is 9. The van der Waals surface area contributed by atoms with Crippen molar-refractivity contribution in [2.24, 2.45) is 5.10 Å². The first kappa shape index (κ1) is 28.4. The zero-order valence-corrected chi connectivity index (χ0v) is 23.5. The van der Waals surface area contributed by atoms with E-state index in [1.54, 1.807) is 13.2 Å². The number of ether oxygens (including phenoxy) is 2. The molecule has 1 saturated heterocycles. The van der Waals surface area contributed by atoms with E-state index in [-0.39, 0.29) is 24.1 Å². The molecule has 0 N–H and O–H groups in total. The summed E-state index contributed by atoms with van der Waals surface area (Å²) < 4.78 is 24.9. The molecule has 3 aromatic carbocycles. The van der Waals surface area contributed by atoms with E-state index in [0.717, 1.165) is 35.5 Å². The molecule has 2 heterocycles. The van der Waals surface area contributed by atoms with Gasteiger partial charge < -0.3 is 14.4 Å². The number of hydrogen-bond donors (Lipinski definition) is 0. The predicted molar refractivity (Wildman–Crippen MR) is 154 cm³/mol. The van der Waals surface area contributed by atoms with Crippen LogP contribution in [-0.2, 0) is 9.53 Å². The zero-order valence-electron chi connectivity index (χ0n) is 23.5. The van der Waals surface area contributed by atoms with Crippen molar-refractivity contribution in [3.8, 4) is 5.75 Å². The van der Waals surface area contributed by atoms with E-state index < -0.39 is 11.7 Å². The van der Waals surface area contributed by atoms with E-state index in [0.29, 0.717) is 38.5 Å². The van der Waals surface area contributed by atoms with Crippen LogP contribution in [0.5, 0.6) is 5.75 Å². The Hall–Kier alpha value is -4.08. The van der Waals surface area contributed by atoms with Gasteiger partial charge in [-0.25, -0.2) is 9.40 Å². The summed E-state index contributed by atoms with van der Waals surface area (Å²) in [6, 6.07) is 20.9. The number of halogens is 1. The zero-order chi connectivity index (χ0) is 28.8. The number of benzene rings is 3. The molecule has 3 aromatic rings. The van der Waals surface area contributed by atoms with Crippen LogP contribution in [0.1, 0.15) is 39.5 Å². The first-order valence-corrected chi connectivity index (χ1v) is 13.9. The van der Waals surface area contributed by atoms with Gasteiger partial charge in [-0.1, -0.05) is 48.0 Å². The topological polar surface area (TPSA) is 74.7 Å². The quantitative estimate of drug-likeness (QED) is 0.392. The van der Waals surface area contributed by atoms with Crippen molar-refractivity contribution in [2.75, 3.05) is 53.0 Å². The predicted octanol–water partition coefficient (Wildman–Crippen LogP) is 4.30. The Bertz CT molecular complexity index is 1400. The molecule has 0 spiro atoms. The molecule has 8 nitrogen and oxygen atoms in total. The third-order valence-corrected chi connectivity index (χ3v) is 7.51. The van der Waals surface area contributed by atoms with Crippen LogP contribution >= 0.6 is 0 Å². The van der Waals surface area contributed by atoms with Gasteiger partial charge in [0.2, 0.25) is 0 Å². The molecule has 2 aliphatic heterocycles. The van der Waals surface area contributed by atoms with E-state index in [4.69, 9.17) is 14.6 Å². The van der Waals surface area contributed by atoms with Crippen molar-refractivity contribution in [1.82, 2.24) is 14.8 Å². The van der Waals surface area contributed by atoms with Crippen LogP contribution in [0.2, 0.25) is 0 Å². The average Bonchev–Trinajstić information content (AvgIpc) is 3.45. The molecule has 2 amide bonds. The molecule has 0 aromatic heterocycles. The molecule has 0 aliphatic carbocycles. The average molecular weight is 559 g/mol. The maximum absolute atomic E-state index is 14.0. The minimum atomic E-state index is -0.498. The highest BCUT2D eigenvalue weighted by atomic mass is 19.1. The molecule has 1 atom stereocenters. The normalized spacial score (nSPS) is 17.3. The van der Waals surface area contributed by atoms with E-state index in [9.17, 15) is 14.0 Å². The highest BCUT2D eigenvalue weighted by Crippen LogP contribution is 2.34. The van der Waals surface area contributed by atoms with Crippen LogP contribution in [0.3, 0.4) is 0 Å². The largest absolute Gasteiger partial charge is 0.497 e. The van der Waals surface area contributed by atoms with Gasteiger partial charge in [0.25, 0.3) is 11.8 Å². The summed E-state index contributed by atoms with van der Waals surface area (Å²) in [6.45, 7) is 5.50. The fourth-order valence-electron chi connectivity index (χ4n) is 5.14. The second kappa shape index (κ2) is 13.1. The van der Waals surface area contributed by atoms with Gasteiger partial charge in [-0.2, -0.15) is 5.10 Å². The minimum absolute atomic E-state index is 0.184. The Labute approximate surface area is 240 Å². The van der Waals surface area contributed by atoms with Crippen LogP contribution in [0.15, 0.2) is 77.9 Å². The van der Waals surface area contributed by atoms with Crippen molar-refractivity contribution in [3.05, 3.63) is 101 Å². The lowest BCUT2D eigenvalue weighted by atomic mass is 9.97. The lowest BCUT2D eigenvalue weighted by molar-refractivity contribution is -0.133. The third-order valence-electron chi connectivity index (χ3n) is 7.51. The fourth-order valence-corrected chi connectivity index (χ4v) is 5.14. The smallest absolute Gasteiger partial charge is 0.262 e. The molecule has 5 rings (SSSR count). The molecule has 9 heteroatoms. The van der Waals surface area contributed by atoms with Crippen LogP contribution in [0.4, 0.5) is 4.39 Å². The number of hydrazone groups is 1. The number of methoxy groups -OCH3 is 1. The van der Waals surface area contributed by atoms with Crippen molar-refractivity contribution >= 4 is 17.5 Å². The van der Waals surface area contributed by atoms with Crippen molar-refractivity contribution < 1.29 is 23.5 Å². The summed E-state index contributed by atoms with van der Waals surface area (Å²) in [4.78, 5) is 31.2. The first-order chi connectivity index (χ1) is 19.9. The standard InChI is InChI=1S/C32H35FN4O4/c1-23-9-11-24(12-10-23)30-21-29(25-5-4-8-28(20-25)40-2)34-37(30)31(38)22-36(14-13-35-15-17-41-18-16-35)32(39)26-6-3-7-27(33)19-26/h3-12,19-20,30H,13-18,21-22H2,1-2H3. The second-order valence-corrected chi connectivity index (χ2v) is 10.3. The number of carbonyl (C=O) groups is 2. The summed E-state index contributed by atoms with van der Waals surface area (Å²) in [5.74, 6) is -0.493. The molecule has 0 radical (unpaired) electrons. The Morgan fingerprint density at radius 3 is 2.54 bits per heavy atom. The summed E-state index contributed by atoms with van der Waals surface area (Å²) in [7, 11) is 1.61. The van der Waals surface area contributed by atoms with Gasteiger partial charge in [-0.05, 0) is 42.8 Å². The van der Waals surface area contributed by atoms with Gasteiger partial charge in [0.1, 0.15) is 18.1 Å². The Morgan fingerprint density at radius 1 is 1.05 bits per heavy atom. The summed E-state index contributed by atoms with van der Waals surface area (Å²) in [5.41, 5.74) is 3.92. The number of amides is 2. The van der Waals surface area contributed by atoms with Gasteiger partial charge in [0.05, 0.1) is 32.1 Å². The van der Waals surface area contributed by atoms with E-state index >= 15 is 0 Å². The lowest BCUT2D eigenvalue weighted by Gasteiger charge is -2.31. The SMILES string of the molecule is COc1cccc(C2=NN(C(=O)CN(CCN3CCOCC3)C(=O)c3cccc(F)c3)C(c3ccc(C)cc3)C2)c1. The molecule has 0 saturated carbocycles. The maximum Gasteiger partial charge on any atom is 0.262 e. The molecule has 1 fully saturated rings. The van der Waals surface area contributed by atoms with Gasteiger partial charge in [-0.3, -0.25) is 14.5 Å². The number of nitrogens with zero attached hydrogens (tertiary/aromatic N) is 4. The van der Waals surface area contributed by atoms with Crippen molar-refractivity contribution in [3.63, 3.8) is 0 Å². The lowest BCUT2D eigenvalue weighted by Crippen LogP contribution is -2.46. The molecule has 41 heavy (non-hydrogen) atoms. The minimum Gasteiger partial charge on any atom is -0.497 e. The summed E-state index contributed by atoms with van der Waals surface area (Å²) in [6.07, 6.45) is 0.521. The van der Waals surface area contributed by atoms with Crippen LogP contribution < -0.4 is 4.74 Å². The van der Waals surface area contributed by atoms with Crippen molar-refractivity contribution in [2.45, 2.75) is 19.4 Å². The van der Waals surface area contributed by atoms with Gasteiger partial charge in [0.15, 0.2) is 0 Å². The molecular formula is C32H35FN4O4. The highest BCUT2D eigenvalue weighted by molar-refractivity contribution is 6.04. The number of aryl methyl sites for hydroxylation is 1. The van der Waals surface area contributed by atoms with Crippen LogP contribution in [0.25, 0.3) is 0 Å². The second-order valence-electron chi connectivity index (χ2n) is 10.3. The van der Waals surface area contributed by atoms with E-state index in [1.165, 1.54) is 28.1 Å². The highest BCUT2D eigenvalue weighted by Gasteiger charge is 2.35. The van der Waals surface area contributed by atoms with Gasteiger partial charge in [-0.15, -0.1) is 0 Å². The Morgan fingerprint density at radius 2 is 1.80 bits per heavy atom. The van der Waals surface area contributed by atoms with Crippen LogP contribution in [-0.4, -0.2) is 85.4 Å². The fraction of sp³-hybridized carbons (Fsp3) is 0.344. The van der Waals surface area contributed by atoms with Crippen LogP contribution in [0, 0.1) is 12.7 Å². The van der Waals surface area contributed by atoms with E-state index in [1.807, 2.05) is 55.5 Å².